The quantitative estimate of drug-likeness (QED) is 0.881. The third kappa shape index (κ3) is 4.39. The molecular weight excluding hydrogens is 320 g/mol. The molecule has 0 aliphatic carbocycles. The van der Waals surface area contributed by atoms with Crippen LogP contribution in [0.15, 0.2) is 6.20 Å². The summed E-state index contributed by atoms with van der Waals surface area (Å²) in [4.78, 5) is 17.0. The van der Waals surface area contributed by atoms with Gasteiger partial charge in [0, 0.05) is 23.5 Å². The SMILES string of the molecule is Cc1cnc(C(C)CNC(=O)Nc2nnc(C(F)F)s2)s1. The first-order chi connectivity index (χ1) is 9.95. The molecule has 2 rings (SSSR count). The fourth-order valence-corrected chi connectivity index (χ4v) is 2.87. The molecule has 2 aromatic heterocycles. The van der Waals surface area contributed by atoms with E-state index in [0.717, 1.165) is 9.88 Å². The number of halogens is 2. The standard InChI is InChI=1S/C11H13F2N5OS2/c1-5(8-14-4-6(2)20-8)3-15-10(19)16-11-18-17-9(21-11)7(12)13/h4-5,7H,3H2,1-2H3,(H2,15,16,18,19). The van der Waals surface area contributed by atoms with Crippen LogP contribution in [0.4, 0.5) is 18.7 Å². The van der Waals surface area contributed by atoms with Crippen molar-refractivity contribution in [2.75, 3.05) is 11.9 Å². The Morgan fingerprint density at radius 3 is 2.67 bits per heavy atom. The number of hydrogen-bond donors (Lipinski definition) is 2. The number of thiazole rings is 1. The maximum absolute atomic E-state index is 12.3. The average Bonchev–Trinajstić information content (AvgIpc) is 3.05. The van der Waals surface area contributed by atoms with E-state index in [4.69, 9.17) is 0 Å². The molecule has 0 fully saturated rings. The summed E-state index contributed by atoms with van der Waals surface area (Å²) in [6.07, 6.45) is -0.904. The Morgan fingerprint density at radius 2 is 2.10 bits per heavy atom. The number of alkyl halides is 2. The molecule has 1 atom stereocenters. The lowest BCUT2D eigenvalue weighted by Crippen LogP contribution is -2.31. The fraction of sp³-hybridized carbons (Fsp3) is 0.455. The van der Waals surface area contributed by atoms with Gasteiger partial charge in [0.25, 0.3) is 6.43 Å². The number of nitrogens with one attached hydrogen (secondary N) is 2. The molecule has 0 aromatic carbocycles. The number of hydrogen-bond acceptors (Lipinski definition) is 6. The summed E-state index contributed by atoms with van der Waals surface area (Å²) < 4.78 is 24.7. The maximum atomic E-state index is 12.3. The van der Waals surface area contributed by atoms with E-state index < -0.39 is 17.5 Å². The lowest BCUT2D eigenvalue weighted by atomic mass is 10.2. The van der Waals surface area contributed by atoms with Crippen molar-refractivity contribution in [2.45, 2.75) is 26.2 Å². The van der Waals surface area contributed by atoms with Gasteiger partial charge in [0.2, 0.25) is 5.13 Å². The van der Waals surface area contributed by atoms with E-state index in [9.17, 15) is 13.6 Å². The van der Waals surface area contributed by atoms with Crippen LogP contribution < -0.4 is 10.6 Å². The van der Waals surface area contributed by atoms with Crippen LogP contribution in [-0.4, -0.2) is 27.8 Å². The van der Waals surface area contributed by atoms with Gasteiger partial charge in [-0.15, -0.1) is 21.5 Å². The minimum atomic E-state index is -2.69. The molecule has 0 bridgehead atoms. The van der Waals surface area contributed by atoms with Gasteiger partial charge in [0.1, 0.15) is 0 Å². The minimum absolute atomic E-state index is 0.0422. The summed E-state index contributed by atoms with van der Waals surface area (Å²) in [5.74, 6) is 0.0699. The number of aromatic nitrogens is 3. The van der Waals surface area contributed by atoms with Crippen molar-refractivity contribution in [3.8, 4) is 0 Å². The highest BCUT2D eigenvalue weighted by atomic mass is 32.1. The maximum Gasteiger partial charge on any atom is 0.321 e. The first kappa shape index (κ1) is 15.7. The van der Waals surface area contributed by atoms with Crippen LogP contribution in [0.3, 0.4) is 0 Å². The molecular formula is C11H13F2N5OS2. The monoisotopic (exact) mass is 333 g/mol. The molecule has 10 heteroatoms. The fourth-order valence-electron chi connectivity index (χ4n) is 1.45. The largest absolute Gasteiger partial charge is 0.337 e. The molecule has 0 saturated heterocycles. The Morgan fingerprint density at radius 1 is 1.33 bits per heavy atom. The summed E-state index contributed by atoms with van der Waals surface area (Å²) in [5, 5.41) is 12.3. The van der Waals surface area contributed by atoms with Crippen molar-refractivity contribution >= 4 is 33.8 Å². The molecule has 0 aliphatic rings. The van der Waals surface area contributed by atoms with Gasteiger partial charge in [-0.1, -0.05) is 18.3 Å². The summed E-state index contributed by atoms with van der Waals surface area (Å²) in [6.45, 7) is 4.29. The second kappa shape index (κ2) is 6.85. The van der Waals surface area contributed by atoms with Gasteiger partial charge in [-0.05, 0) is 6.92 Å². The van der Waals surface area contributed by atoms with Crippen LogP contribution >= 0.6 is 22.7 Å². The average molecular weight is 333 g/mol. The molecule has 0 saturated carbocycles. The van der Waals surface area contributed by atoms with Crippen LogP contribution in [-0.2, 0) is 0 Å². The number of nitrogens with zero attached hydrogens (tertiary/aromatic N) is 3. The van der Waals surface area contributed by atoms with Gasteiger partial charge in [0.05, 0.1) is 5.01 Å². The van der Waals surface area contributed by atoms with Crippen molar-refractivity contribution in [1.29, 1.82) is 0 Å². The van der Waals surface area contributed by atoms with Crippen LogP contribution in [0.25, 0.3) is 0 Å². The second-order valence-electron chi connectivity index (χ2n) is 4.29. The smallest absolute Gasteiger partial charge is 0.321 e. The summed E-state index contributed by atoms with van der Waals surface area (Å²) in [5.41, 5.74) is 0. The normalized spacial score (nSPS) is 12.4. The molecule has 2 N–H and O–H groups in total. The number of amides is 2. The zero-order chi connectivity index (χ0) is 15.4. The number of carbonyl (C=O) groups is 1. The Balaban J connectivity index is 1.81. The number of carbonyl (C=O) groups excluding carboxylic acids is 1. The summed E-state index contributed by atoms with van der Waals surface area (Å²) in [7, 11) is 0. The van der Waals surface area contributed by atoms with Crippen LogP contribution in [0.2, 0.25) is 0 Å². The molecule has 2 amide bonds. The lowest BCUT2D eigenvalue weighted by Gasteiger charge is -2.09. The van der Waals surface area contributed by atoms with E-state index >= 15 is 0 Å². The van der Waals surface area contributed by atoms with E-state index in [1.165, 1.54) is 0 Å². The van der Waals surface area contributed by atoms with Crippen molar-refractivity contribution in [1.82, 2.24) is 20.5 Å². The van der Waals surface area contributed by atoms with Crippen LogP contribution in [0.1, 0.15) is 34.2 Å². The summed E-state index contributed by atoms with van der Waals surface area (Å²) in [6, 6.07) is -0.507. The van der Waals surface area contributed by atoms with Crippen molar-refractivity contribution in [3.63, 3.8) is 0 Å². The van der Waals surface area contributed by atoms with E-state index in [-0.39, 0.29) is 11.0 Å². The van der Waals surface area contributed by atoms with E-state index in [0.29, 0.717) is 17.9 Å². The topological polar surface area (TPSA) is 79.8 Å². The Labute approximate surface area is 127 Å². The number of aryl methyl sites for hydroxylation is 1. The third-order valence-corrected chi connectivity index (χ3v) is 4.47. The number of anilines is 1. The first-order valence-corrected chi connectivity index (χ1v) is 7.67. The number of rotatable bonds is 5. The molecule has 1 unspecified atom stereocenters. The predicted molar refractivity (Wildman–Crippen MR) is 77.2 cm³/mol. The van der Waals surface area contributed by atoms with Gasteiger partial charge < -0.3 is 5.32 Å². The highest BCUT2D eigenvalue weighted by molar-refractivity contribution is 7.15. The highest BCUT2D eigenvalue weighted by Crippen LogP contribution is 2.25. The first-order valence-electron chi connectivity index (χ1n) is 6.04. The molecule has 6 nitrogen and oxygen atoms in total. The third-order valence-electron chi connectivity index (χ3n) is 2.48. The zero-order valence-corrected chi connectivity index (χ0v) is 12.9. The Hall–Kier alpha value is -1.68. The predicted octanol–water partition coefficient (Wildman–Crippen LogP) is 3.17. The Bertz CT molecular complexity index is 615. The molecule has 2 aromatic rings. The van der Waals surface area contributed by atoms with Crippen molar-refractivity contribution in [2.24, 2.45) is 0 Å². The van der Waals surface area contributed by atoms with E-state index in [1.54, 1.807) is 17.5 Å². The lowest BCUT2D eigenvalue weighted by molar-refractivity contribution is 0.150. The highest BCUT2D eigenvalue weighted by Gasteiger charge is 2.16. The van der Waals surface area contributed by atoms with E-state index in [2.05, 4.69) is 25.8 Å². The van der Waals surface area contributed by atoms with Gasteiger partial charge in [-0.3, -0.25) is 5.32 Å². The summed E-state index contributed by atoms with van der Waals surface area (Å²) >= 11 is 2.22. The number of urea groups is 1. The van der Waals surface area contributed by atoms with Crippen molar-refractivity contribution in [3.05, 3.63) is 21.1 Å². The van der Waals surface area contributed by atoms with Crippen LogP contribution in [0.5, 0.6) is 0 Å². The zero-order valence-electron chi connectivity index (χ0n) is 11.3. The molecule has 21 heavy (non-hydrogen) atoms. The molecule has 0 aliphatic heterocycles. The van der Waals surface area contributed by atoms with Crippen molar-refractivity contribution < 1.29 is 13.6 Å². The Kier molecular flexibility index (Phi) is 5.12. The van der Waals surface area contributed by atoms with Gasteiger partial charge in [-0.25, -0.2) is 18.6 Å². The van der Waals surface area contributed by atoms with Gasteiger partial charge >= 0.3 is 6.03 Å². The van der Waals surface area contributed by atoms with E-state index in [1.807, 2.05) is 13.8 Å². The van der Waals surface area contributed by atoms with Gasteiger partial charge in [-0.2, -0.15) is 0 Å². The minimum Gasteiger partial charge on any atom is -0.337 e. The second-order valence-corrected chi connectivity index (χ2v) is 6.57. The molecule has 0 spiro atoms. The van der Waals surface area contributed by atoms with Crippen LogP contribution in [0, 0.1) is 6.92 Å². The molecule has 2 heterocycles. The molecule has 0 radical (unpaired) electrons. The van der Waals surface area contributed by atoms with Gasteiger partial charge in [0.15, 0.2) is 5.01 Å². The molecule has 114 valence electrons.